The molecule has 0 spiro atoms. The first kappa shape index (κ1) is 16.2. The van der Waals surface area contributed by atoms with Crippen LogP contribution in [-0.2, 0) is 4.79 Å². The summed E-state index contributed by atoms with van der Waals surface area (Å²) in [5, 5.41) is 4.52. The molecule has 2 aliphatic rings. The van der Waals surface area contributed by atoms with Gasteiger partial charge in [0.05, 0.1) is 17.7 Å². The van der Waals surface area contributed by atoms with Gasteiger partial charge in [0.2, 0.25) is 11.7 Å². The zero-order chi connectivity index (χ0) is 19.4. The largest absolute Gasteiger partial charge is 0.468 e. The second-order valence-corrected chi connectivity index (χ2v) is 7.05. The highest BCUT2D eigenvalue weighted by atomic mass is 16.5. The number of ether oxygens (including phenoxy) is 1. The van der Waals surface area contributed by atoms with Crippen LogP contribution in [0.5, 0.6) is 5.88 Å². The highest BCUT2D eigenvalue weighted by Gasteiger charge is 2.40. The summed E-state index contributed by atoms with van der Waals surface area (Å²) in [6.07, 6.45) is 6.85. The number of hydrogen-bond acceptors (Lipinski definition) is 7. The van der Waals surface area contributed by atoms with Gasteiger partial charge in [0.1, 0.15) is 23.5 Å². The predicted octanol–water partition coefficient (Wildman–Crippen LogP) is 3.31. The third-order valence-corrected chi connectivity index (χ3v) is 5.31. The van der Waals surface area contributed by atoms with Crippen LogP contribution in [0.25, 0.3) is 17.2 Å². The normalized spacial score (nSPS) is 18.5. The third-order valence-electron chi connectivity index (χ3n) is 5.31. The minimum atomic E-state index is -0.423. The summed E-state index contributed by atoms with van der Waals surface area (Å²) in [6, 6.07) is 9.25. The van der Waals surface area contributed by atoms with Crippen LogP contribution in [0.15, 0.2) is 64.9 Å². The average Bonchev–Trinajstić information content (AvgIpc) is 3.43. The van der Waals surface area contributed by atoms with Crippen molar-refractivity contribution in [2.75, 3.05) is 0 Å². The molecule has 142 valence electrons. The lowest BCUT2D eigenvalue weighted by molar-refractivity contribution is -0.116. The smallest absolute Gasteiger partial charge is 0.228 e. The topological polar surface area (TPSA) is 95.4 Å². The molecule has 1 aliphatic carbocycles. The Labute approximate surface area is 164 Å². The van der Waals surface area contributed by atoms with Crippen molar-refractivity contribution in [1.29, 1.82) is 0 Å². The molecule has 8 heteroatoms. The Hall–Kier alpha value is -3.81. The zero-order valence-corrected chi connectivity index (χ0v) is 15.3. The Kier molecular flexibility index (Phi) is 3.40. The van der Waals surface area contributed by atoms with E-state index in [1.807, 2.05) is 30.3 Å². The summed E-state index contributed by atoms with van der Waals surface area (Å²) >= 11 is 0. The SMILES string of the molecule is O=C1CCCC2=C1[C@H](c1ccco1)c1c(ncn3nc(-c4ccccn4)nc13)O2. The Bertz CT molecular complexity index is 1270. The first-order valence-corrected chi connectivity index (χ1v) is 9.44. The highest BCUT2D eigenvalue weighted by Crippen LogP contribution is 2.47. The molecule has 4 aromatic heterocycles. The lowest BCUT2D eigenvalue weighted by atomic mass is 9.80. The predicted molar refractivity (Wildman–Crippen MR) is 101 cm³/mol. The van der Waals surface area contributed by atoms with Crippen molar-refractivity contribution in [1.82, 2.24) is 24.6 Å². The number of hydrogen-bond donors (Lipinski definition) is 0. The van der Waals surface area contributed by atoms with Crippen LogP contribution < -0.4 is 4.74 Å². The minimum Gasteiger partial charge on any atom is -0.468 e. The molecular formula is C21H15N5O3. The molecule has 6 rings (SSSR count). The molecule has 0 aromatic carbocycles. The molecule has 0 unspecified atom stereocenters. The van der Waals surface area contributed by atoms with E-state index >= 15 is 0 Å². The van der Waals surface area contributed by atoms with Crippen molar-refractivity contribution < 1.29 is 13.9 Å². The highest BCUT2D eigenvalue weighted by molar-refractivity contribution is 5.99. The molecule has 1 aliphatic heterocycles. The van der Waals surface area contributed by atoms with Crippen molar-refractivity contribution in [3.05, 3.63) is 71.8 Å². The summed E-state index contributed by atoms with van der Waals surface area (Å²) in [7, 11) is 0. The fourth-order valence-corrected chi connectivity index (χ4v) is 4.06. The number of carbonyl (C=O) groups is 1. The summed E-state index contributed by atoms with van der Waals surface area (Å²) in [5.74, 6) is 1.91. The van der Waals surface area contributed by atoms with Crippen LogP contribution in [0.3, 0.4) is 0 Å². The van der Waals surface area contributed by atoms with Gasteiger partial charge in [-0.1, -0.05) is 6.07 Å². The fraction of sp³-hybridized carbons (Fsp3) is 0.190. The lowest BCUT2D eigenvalue weighted by Gasteiger charge is -2.30. The number of carbonyl (C=O) groups excluding carboxylic acids is 1. The maximum Gasteiger partial charge on any atom is 0.228 e. The quantitative estimate of drug-likeness (QED) is 0.522. The molecule has 0 amide bonds. The molecule has 29 heavy (non-hydrogen) atoms. The monoisotopic (exact) mass is 385 g/mol. The first-order chi connectivity index (χ1) is 14.3. The number of nitrogens with zero attached hydrogens (tertiary/aromatic N) is 5. The van der Waals surface area contributed by atoms with Crippen LogP contribution in [0.4, 0.5) is 0 Å². The van der Waals surface area contributed by atoms with E-state index in [1.54, 1.807) is 23.3 Å². The van der Waals surface area contributed by atoms with Gasteiger partial charge in [-0.05, 0) is 30.7 Å². The number of fused-ring (bicyclic) bond motifs is 3. The second kappa shape index (κ2) is 6.10. The van der Waals surface area contributed by atoms with Gasteiger partial charge in [0.15, 0.2) is 11.4 Å². The van der Waals surface area contributed by atoms with Crippen LogP contribution in [0.2, 0.25) is 0 Å². The minimum absolute atomic E-state index is 0.0739. The molecule has 0 saturated carbocycles. The Morgan fingerprint density at radius 2 is 2.07 bits per heavy atom. The van der Waals surface area contributed by atoms with Crippen molar-refractivity contribution in [2.24, 2.45) is 0 Å². The van der Waals surface area contributed by atoms with Gasteiger partial charge in [-0.15, -0.1) is 5.10 Å². The lowest BCUT2D eigenvalue weighted by Crippen LogP contribution is -2.26. The van der Waals surface area contributed by atoms with Crippen molar-refractivity contribution in [3.63, 3.8) is 0 Å². The summed E-state index contributed by atoms with van der Waals surface area (Å²) in [5.41, 5.74) is 2.55. The van der Waals surface area contributed by atoms with Gasteiger partial charge in [0, 0.05) is 24.6 Å². The Balaban J connectivity index is 1.62. The molecule has 4 aromatic rings. The van der Waals surface area contributed by atoms with E-state index in [9.17, 15) is 4.79 Å². The second-order valence-electron chi connectivity index (χ2n) is 7.05. The van der Waals surface area contributed by atoms with Crippen LogP contribution in [0, 0.1) is 0 Å². The number of allylic oxidation sites excluding steroid dienone is 2. The molecule has 0 fully saturated rings. The average molecular weight is 385 g/mol. The van der Waals surface area contributed by atoms with E-state index in [-0.39, 0.29) is 5.78 Å². The number of furan rings is 1. The molecule has 0 bridgehead atoms. The van der Waals surface area contributed by atoms with E-state index in [0.29, 0.717) is 58.5 Å². The van der Waals surface area contributed by atoms with Gasteiger partial charge < -0.3 is 9.15 Å². The standard InChI is InChI=1S/C21H15N5O3/c27-13-6-3-7-15-16(13)17(14-8-4-10-28-14)18-20-24-19(12-5-1-2-9-22-12)25-26(20)11-23-21(18)29-15/h1-2,4-5,8-11,17H,3,6-7H2/t17-/m0/s1. The maximum atomic E-state index is 12.9. The maximum absolute atomic E-state index is 12.9. The van der Waals surface area contributed by atoms with Crippen LogP contribution >= 0.6 is 0 Å². The van der Waals surface area contributed by atoms with Crippen molar-refractivity contribution >= 4 is 11.4 Å². The van der Waals surface area contributed by atoms with E-state index in [0.717, 1.165) is 6.42 Å². The number of rotatable bonds is 2. The van der Waals surface area contributed by atoms with Crippen molar-refractivity contribution in [2.45, 2.75) is 25.2 Å². The van der Waals surface area contributed by atoms with Gasteiger partial charge in [-0.2, -0.15) is 0 Å². The molecule has 1 atom stereocenters. The van der Waals surface area contributed by atoms with Crippen LogP contribution in [0.1, 0.15) is 36.5 Å². The molecular weight excluding hydrogens is 370 g/mol. The van der Waals surface area contributed by atoms with Gasteiger partial charge in [-0.3, -0.25) is 9.78 Å². The molecule has 8 nitrogen and oxygen atoms in total. The number of Topliss-reactive ketones (excluding diaryl/α,β-unsaturated/α-hetero) is 1. The van der Waals surface area contributed by atoms with Gasteiger partial charge in [-0.25, -0.2) is 14.5 Å². The molecule has 0 saturated heterocycles. The van der Waals surface area contributed by atoms with Crippen molar-refractivity contribution in [3.8, 4) is 17.4 Å². The number of pyridine rings is 1. The van der Waals surface area contributed by atoms with E-state index in [1.165, 1.54) is 0 Å². The van der Waals surface area contributed by atoms with E-state index in [4.69, 9.17) is 14.1 Å². The third kappa shape index (κ3) is 2.42. The molecule has 0 N–H and O–H groups in total. The molecule has 0 radical (unpaired) electrons. The van der Waals surface area contributed by atoms with Gasteiger partial charge >= 0.3 is 0 Å². The number of aromatic nitrogens is 5. The fourth-order valence-electron chi connectivity index (χ4n) is 4.06. The number of ketones is 1. The Morgan fingerprint density at radius 3 is 2.90 bits per heavy atom. The Morgan fingerprint density at radius 1 is 1.10 bits per heavy atom. The van der Waals surface area contributed by atoms with E-state index < -0.39 is 5.92 Å². The summed E-state index contributed by atoms with van der Waals surface area (Å²) < 4.78 is 13.4. The van der Waals surface area contributed by atoms with Gasteiger partial charge in [0.25, 0.3) is 0 Å². The van der Waals surface area contributed by atoms with Crippen LogP contribution in [-0.4, -0.2) is 30.3 Å². The zero-order valence-electron chi connectivity index (χ0n) is 15.3. The summed E-state index contributed by atoms with van der Waals surface area (Å²) in [4.78, 5) is 26.4. The molecule has 5 heterocycles. The summed E-state index contributed by atoms with van der Waals surface area (Å²) in [6.45, 7) is 0. The van der Waals surface area contributed by atoms with E-state index in [2.05, 4.69) is 15.1 Å². The first-order valence-electron chi connectivity index (χ1n) is 9.44.